The quantitative estimate of drug-likeness (QED) is 0.881. The Morgan fingerprint density at radius 2 is 2.09 bits per heavy atom. The number of rotatable bonds is 5. The molecule has 1 N–H and O–H groups in total. The summed E-state index contributed by atoms with van der Waals surface area (Å²) in [5, 5.41) is 2.96. The summed E-state index contributed by atoms with van der Waals surface area (Å²) in [5.41, 5.74) is 1.34. The fourth-order valence-corrected chi connectivity index (χ4v) is 3.36. The zero-order chi connectivity index (χ0) is 15.4. The van der Waals surface area contributed by atoms with Gasteiger partial charge in [0.05, 0.1) is 24.1 Å². The van der Waals surface area contributed by atoms with Crippen LogP contribution in [0.4, 0.5) is 0 Å². The lowest BCUT2D eigenvalue weighted by Crippen LogP contribution is -2.34. The molecule has 120 valence electrons. The van der Waals surface area contributed by atoms with Gasteiger partial charge in [-0.25, -0.2) is 4.98 Å². The Morgan fingerprint density at radius 3 is 2.82 bits per heavy atom. The summed E-state index contributed by atoms with van der Waals surface area (Å²) < 4.78 is 0. The molecule has 2 saturated heterocycles. The van der Waals surface area contributed by atoms with Crippen molar-refractivity contribution in [2.45, 2.75) is 31.7 Å². The number of likely N-dealkylation sites (tertiary alicyclic amines) is 2. The van der Waals surface area contributed by atoms with E-state index in [1.165, 1.54) is 19.3 Å². The highest BCUT2D eigenvalue weighted by Gasteiger charge is 2.24. The molecule has 1 aromatic rings. The van der Waals surface area contributed by atoms with Crippen LogP contribution >= 0.6 is 0 Å². The van der Waals surface area contributed by atoms with E-state index in [2.05, 4.69) is 32.1 Å². The molecule has 0 radical (unpaired) electrons. The summed E-state index contributed by atoms with van der Waals surface area (Å²) in [7, 11) is 2.10. The highest BCUT2D eigenvalue weighted by molar-refractivity contribution is 5.91. The second kappa shape index (κ2) is 7.15. The summed E-state index contributed by atoms with van der Waals surface area (Å²) in [6.07, 6.45) is 8.16. The number of carbonyl (C=O) groups is 1. The van der Waals surface area contributed by atoms with Crippen molar-refractivity contribution < 1.29 is 4.79 Å². The van der Waals surface area contributed by atoms with Crippen LogP contribution in [0.1, 0.15) is 47.9 Å². The van der Waals surface area contributed by atoms with Crippen molar-refractivity contribution in [1.29, 1.82) is 0 Å². The number of nitrogens with zero attached hydrogens (tertiary/aromatic N) is 4. The molecule has 2 aliphatic rings. The third kappa shape index (κ3) is 3.62. The van der Waals surface area contributed by atoms with Crippen LogP contribution in [0.5, 0.6) is 0 Å². The van der Waals surface area contributed by atoms with Crippen LogP contribution in [0.25, 0.3) is 0 Å². The van der Waals surface area contributed by atoms with Gasteiger partial charge < -0.3 is 10.2 Å². The first-order valence-corrected chi connectivity index (χ1v) is 8.27. The van der Waals surface area contributed by atoms with Crippen molar-refractivity contribution in [3.8, 4) is 0 Å². The standard InChI is InChI=1S/C16H25N5O/c1-20-7-4-5-15(20)13-11-17-12-14(19-13)16(22)18-6-10-21-8-2-3-9-21/h11-12,15H,2-10H2,1H3,(H,18,22)/t15-/m0/s1. The minimum Gasteiger partial charge on any atom is -0.349 e. The first kappa shape index (κ1) is 15.4. The van der Waals surface area contributed by atoms with Gasteiger partial charge in [-0.3, -0.25) is 14.7 Å². The molecule has 0 unspecified atom stereocenters. The van der Waals surface area contributed by atoms with Gasteiger partial charge in [0.15, 0.2) is 0 Å². The molecule has 0 aromatic carbocycles. The molecule has 6 heteroatoms. The maximum Gasteiger partial charge on any atom is 0.271 e. The molecule has 1 amide bonds. The first-order chi connectivity index (χ1) is 10.7. The minimum absolute atomic E-state index is 0.116. The monoisotopic (exact) mass is 303 g/mol. The van der Waals surface area contributed by atoms with Crippen LogP contribution < -0.4 is 5.32 Å². The van der Waals surface area contributed by atoms with Crippen LogP contribution in [-0.4, -0.2) is 65.4 Å². The van der Waals surface area contributed by atoms with E-state index in [-0.39, 0.29) is 5.91 Å². The smallest absolute Gasteiger partial charge is 0.271 e. The summed E-state index contributed by atoms with van der Waals surface area (Å²) in [5.74, 6) is -0.116. The van der Waals surface area contributed by atoms with Crippen molar-refractivity contribution in [1.82, 2.24) is 25.1 Å². The Kier molecular flexibility index (Phi) is 5.00. The SMILES string of the molecule is CN1CCC[C@H]1c1cncc(C(=O)NCCN2CCCC2)n1. The second-order valence-corrected chi connectivity index (χ2v) is 6.27. The zero-order valence-electron chi connectivity index (χ0n) is 13.3. The molecule has 0 aliphatic carbocycles. The Hall–Kier alpha value is -1.53. The third-order valence-corrected chi connectivity index (χ3v) is 4.66. The van der Waals surface area contributed by atoms with Crippen molar-refractivity contribution >= 4 is 5.91 Å². The summed E-state index contributed by atoms with van der Waals surface area (Å²) >= 11 is 0. The maximum absolute atomic E-state index is 12.2. The van der Waals surface area contributed by atoms with Crippen LogP contribution in [0.15, 0.2) is 12.4 Å². The lowest BCUT2D eigenvalue weighted by molar-refractivity contribution is 0.0943. The van der Waals surface area contributed by atoms with E-state index in [0.717, 1.165) is 38.3 Å². The van der Waals surface area contributed by atoms with Gasteiger partial charge in [-0.05, 0) is 52.4 Å². The topological polar surface area (TPSA) is 61.4 Å². The largest absolute Gasteiger partial charge is 0.349 e. The van der Waals surface area contributed by atoms with Gasteiger partial charge in [0, 0.05) is 13.1 Å². The minimum atomic E-state index is -0.116. The van der Waals surface area contributed by atoms with E-state index in [4.69, 9.17) is 0 Å². The van der Waals surface area contributed by atoms with Gasteiger partial charge in [-0.1, -0.05) is 0 Å². The highest BCUT2D eigenvalue weighted by atomic mass is 16.1. The number of carbonyl (C=O) groups excluding carboxylic acids is 1. The fourth-order valence-electron chi connectivity index (χ4n) is 3.36. The Morgan fingerprint density at radius 1 is 1.27 bits per heavy atom. The molecule has 2 fully saturated rings. The molecule has 22 heavy (non-hydrogen) atoms. The maximum atomic E-state index is 12.2. The normalized spacial score (nSPS) is 23.0. The molecule has 2 aliphatic heterocycles. The number of aromatic nitrogens is 2. The van der Waals surface area contributed by atoms with Gasteiger partial charge in [0.2, 0.25) is 0 Å². The number of amides is 1. The molecule has 0 saturated carbocycles. The molecular weight excluding hydrogens is 278 g/mol. The first-order valence-electron chi connectivity index (χ1n) is 8.27. The molecule has 6 nitrogen and oxygen atoms in total. The molecule has 1 aromatic heterocycles. The van der Waals surface area contributed by atoms with Gasteiger partial charge in [-0.15, -0.1) is 0 Å². The van der Waals surface area contributed by atoms with Crippen LogP contribution in [0.2, 0.25) is 0 Å². The van der Waals surface area contributed by atoms with E-state index in [0.29, 0.717) is 18.3 Å². The fraction of sp³-hybridized carbons (Fsp3) is 0.688. The third-order valence-electron chi connectivity index (χ3n) is 4.66. The lowest BCUT2D eigenvalue weighted by atomic mass is 10.1. The summed E-state index contributed by atoms with van der Waals surface area (Å²) in [4.78, 5) is 25.6. The van der Waals surface area contributed by atoms with E-state index < -0.39 is 0 Å². The molecule has 0 bridgehead atoms. The average Bonchev–Trinajstić information content (AvgIpc) is 3.19. The molecule has 1 atom stereocenters. The number of hydrogen-bond donors (Lipinski definition) is 1. The summed E-state index contributed by atoms with van der Waals surface area (Å²) in [6.45, 7) is 4.98. The van der Waals surface area contributed by atoms with Gasteiger partial charge in [-0.2, -0.15) is 0 Å². The highest BCUT2D eigenvalue weighted by Crippen LogP contribution is 2.28. The van der Waals surface area contributed by atoms with E-state index in [1.54, 1.807) is 12.4 Å². The predicted molar refractivity (Wildman–Crippen MR) is 84.6 cm³/mol. The van der Waals surface area contributed by atoms with E-state index >= 15 is 0 Å². The number of hydrogen-bond acceptors (Lipinski definition) is 5. The molecule has 3 heterocycles. The molecule has 0 spiro atoms. The average molecular weight is 303 g/mol. The van der Waals surface area contributed by atoms with Gasteiger partial charge in [0.1, 0.15) is 5.69 Å². The van der Waals surface area contributed by atoms with Crippen LogP contribution in [0.3, 0.4) is 0 Å². The Balaban J connectivity index is 1.55. The Bertz CT molecular complexity index is 515. The van der Waals surface area contributed by atoms with Crippen molar-refractivity contribution in [2.75, 3.05) is 39.8 Å². The van der Waals surface area contributed by atoms with Crippen molar-refractivity contribution in [2.24, 2.45) is 0 Å². The molecular formula is C16H25N5O. The lowest BCUT2D eigenvalue weighted by Gasteiger charge is -2.18. The second-order valence-electron chi connectivity index (χ2n) is 6.27. The van der Waals surface area contributed by atoms with Gasteiger partial charge >= 0.3 is 0 Å². The number of nitrogens with one attached hydrogen (secondary N) is 1. The van der Waals surface area contributed by atoms with Crippen LogP contribution in [0, 0.1) is 0 Å². The molecule has 3 rings (SSSR count). The zero-order valence-corrected chi connectivity index (χ0v) is 13.3. The van der Waals surface area contributed by atoms with E-state index in [9.17, 15) is 4.79 Å². The van der Waals surface area contributed by atoms with E-state index in [1.807, 2.05) is 0 Å². The Labute approximate surface area is 131 Å². The van der Waals surface area contributed by atoms with Crippen molar-refractivity contribution in [3.05, 3.63) is 23.8 Å². The predicted octanol–water partition coefficient (Wildman–Crippen LogP) is 1.07. The van der Waals surface area contributed by atoms with Crippen LogP contribution in [-0.2, 0) is 0 Å². The van der Waals surface area contributed by atoms with Crippen molar-refractivity contribution in [3.63, 3.8) is 0 Å². The van der Waals surface area contributed by atoms with Gasteiger partial charge in [0.25, 0.3) is 5.91 Å². The summed E-state index contributed by atoms with van der Waals surface area (Å²) in [6, 6.07) is 0.296.